The largest absolute Gasteiger partial charge is 0.462 e. The van der Waals surface area contributed by atoms with Gasteiger partial charge in [0, 0.05) is 25.0 Å². The zero-order valence-corrected chi connectivity index (χ0v) is 20.2. The Morgan fingerprint density at radius 3 is 2.64 bits per heavy atom. The van der Waals surface area contributed by atoms with Crippen LogP contribution in [0.2, 0.25) is 0 Å². The summed E-state index contributed by atoms with van der Waals surface area (Å²) in [4.78, 5) is 35.1. The summed E-state index contributed by atoms with van der Waals surface area (Å²) < 4.78 is 11.1. The molecule has 8 heteroatoms. The minimum absolute atomic E-state index is 0.0500. The number of nitrogens with zero attached hydrogens (tertiary/aromatic N) is 5. The van der Waals surface area contributed by atoms with Crippen LogP contribution in [0.1, 0.15) is 81.9 Å². The van der Waals surface area contributed by atoms with Gasteiger partial charge in [-0.15, -0.1) is 0 Å². The Kier molecular flexibility index (Phi) is 7.00. The fourth-order valence-electron chi connectivity index (χ4n) is 4.26. The number of rotatable bonds is 11. The van der Waals surface area contributed by atoms with Crippen molar-refractivity contribution < 1.29 is 9.53 Å². The maximum atomic E-state index is 13.6. The van der Waals surface area contributed by atoms with Crippen molar-refractivity contribution in [2.24, 2.45) is 11.8 Å². The SMILES string of the molecule is CCC(CC)n1c(=O)n(Cc2cncn2CC2CC2)c2cc(C(=O)OCCC(C)C)cnc21. The number of carbonyl (C=O) groups excluding carboxylic acids is 1. The molecule has 1 fully saturated rings. The number of hydrogen-bond donors (Lipinski definition) is 0. The fourth-order valence-corrected chi connectivity index (χ4v) is 4.26. The first-order valence-electron chi connectivity index (χ1n) is 12.2. The summed E-state index contributed by atoms with van der Waals surface area (Å²) >= 11 is 0. The van der Waals surface area contributed by atoms with E-state index in [1.807, 2.05) is 12.5 Å². The lowest BCUT2D eigenvalue weighted by Crippen LogP contribution is -2.28. The van der Waals surface area contributed by atoms with Gasteiger partial charge in [-0.05, 0) is 50.0 Å². The molecule has 0 aromatic carbocycles. The molecule has 0 amide bonds. The highest BCUT2D eigenvalue weighted by atomic mass is 16.5. The first-order chi connectivity index (χ1) is 15.9. The molecule has 1 aliphatic carbocycles. The number of esters is 1. The number of fused-ring (bicyclic) bond motifs is 1. The predicted molar refractivity (Wildman–Crippen MR) is 127 cm³/mol. The summed E-state index contributed by atoms with van der Waals surface area (Å²) in [6, 6.07) is 1.80. The summed E-state index contributed by atoms with van der Waals surface area (Å²) in [6.45, 7) is 10.0. The van der Waals surface area contributed by atoms with Crippen LogP contribution in [0, 0.1) is 11.8 Å². The van der Waals surface area contributed by atoms with Gasteiger partial charge in [0.15, 0.2) is 5.65 Å². The minimum atomic E-state index is -0.405. The van der Waals surface area contributed by atoms with Gasteiger partial charge in [-0.3, -0.25) is 9.13 Å². The molecule has 0 aliphatic heterocycles. The Labute approximate surface area is 194 Å². The van der Waals surface area contributed by atoms with Gasteiger partial charge in [0.2, 0.25) is 0 Å². The van der Waals surface area contributed by atoms with Crippen molar-refractivity contribution in [3.63, 3.8) is 0 Å². The third-order valence-corrected chi connectivity index (χ3v) is 6.55. The Balaban J connectivity index is 1.73. The van der Waals surface area contributed by atoms with Crippen molar-refractivity contribution >= 4 is 17.1 Å². The molecule has 1 aliphatic rings. The summed E-state index contributed by atoms with van der Waals surface area (Å²) in [7, 11) is 0. The molecule has 178 valence electrons. The second-order valence-electron chi connectivity index (χ2n) is 9.57. The molecule has 0 saturated heterocycles. The lowest BCUT2D eigenvalue weighted by molar-refractivity contribution is 0.0488. The quantitative estimate of drug-likeness (QED) is 0.401. The van der Waals surface area contributed by atoms with Crippen LogP contribution >= 0.6 is 0 Å². The minimum Gasteiger partial charge on any atom is -0.462 e. The van der Waals surface area contributed by atoms with Gasteiger partial charge < -0.3 is 9.30 Å². The Bertz CT molecular complexity index is 1160. The first-order valence-corrected chi connectivity index (χ1v) is 12.2. The van der Waals surface area contributed by atoms with E-state index < -0.39 is 5.97 Å². The average molecular weight is 454 g/mol. The monoisotopic (exact) mass is 453 g/mol. The summed E-state index contributed by atoms with van der Waals surface area (Å²) in [5.41, 5.74) is 2.52. The predicted octanol–water partition coefficient (Wildman–Crippen LogP) is 4.42. The Morgan fingerprint density at radius 1 is 1.21 bits per heavy atom. The number of ether oxygens (including phenoxy) is 1. The smallest absolute Gasteiger partial charge is 0.339 e. The highest BCUT2D eigenvalue weighted by Crippen LogP contribution is 2.31. The maximum Gasteiger partial charge on any atom is 0.339 e. The maximum absolute atomic E-state index is 13.6. The van der Waals surface area contributed by atoms with E-state index in [0.29, 0.717) is 41.7 Å². The van der Waals surface area contributed by atoms with Crippen molar-refractivity contribution in [1.29, 1.82) is 0 Å². The van der Waals surface area contributed by atoms with Gasteiger partial charge in [0.1, 0.15) is 0 Å². The molecule has 1 saturated carbocycles. The second kappa shape index (κ2) is 9.93. The van der Waals surface area contributed by atoms with Crippen molar-refractivity contribution in [2.75, 3.05) is 6.61 Å². The molecule has 3 heterocycles. The lowest BCUT2D eigenvalue weighted by Gasteiger charge is -2.13. The first kappa shape index (κ1) is 23.3. The number of hydrogen-bond acceptors (Lipinski definition) is 5. The topological polar surface area (TPSA) is 83.9 Å². The molecule has 0 spiro atoms. The molecule has 33 heavy (non-hydrogen) atoms. The van der Waals surface area contributed by atoms with E-state index >= 15 is 0 Å². The van der Waals surface area contributed by atoms with Gasteiger partial charge >= 0.3 is 11.7 Å². The fraction of sp³-hybridized carbons (Fsp3) is 0.600. The van der Waals surface area contributed by atoms with Gasteiger partial charge in [-0.1, -0.05) is 27.7 Å². The van der Waals surface area contributed by atoms with E-state index in [-0.39, 0.29) is 11.7 Å². The molecule has 3 aromatic heterocycles. The summed E-state index contributed by atoms with van der Waals surface area (Å²) in [5, 5.41) is 0. The standard InChI is InChI=1S/C25H35N5O3/c1-5-20(6-2)30-23-22(11-19(12-27-23)24(31)33-10-9-17(3)4)29(25(30)32)15-21-13-26-16-28(21)14-18-7-8-18/h11-13,16-18,20H,5-10,14-15H2,1-4H3. The third-order valence-electron chi connectivity index (χ3n) is 6.55. The summed E-state index contributed by atoms with van der Waals surface area (Å²) in [6.07, 6.45) is 10.2. The van der Waals surface area contributed by atoms with Crippen LogP contribution in [0.25, 0.3) is 11.2 Å². The van der Waals surface area contributed by atoms with Crippen molar-refractivity contribution in [3.05, 3.63) is 46.5 Å². The zero-order valence-electron chi connectivity index (χ0n) is 20.2. The number of aromatic nitrogens is 5. The van der Waals surface area contributed by atoms with Crippen molar-refractivity contribution in [2.45, 2.75) is 78.9 Å². The van der Waals surface area contributed by atoms with Gasteiger partial charge in [-0.25, -0.2) is 19.6 Å². The molecule has 0 atom stereocenters. The van der Waals surface area contributed by atoms with Gasteiger partial charge in [0.05, 0.1) is 36.3 Å². The molecule has 0 N–H and O–H groups in total. The molecule has 4 rings (SSSR count). The van der Waals surface area contributed by atoms with Crippen LogP contribution in [0.4, 0.5) is 0 Å². The second-order valence-corrected chi connectivity index (χ2v) is 9.57. The van der Waals surface area contributed by atoms with Crippen molar-refractivity contribution in [3.8, 4) is 0 Å². The van der Waals surface area contributed by atoms with E-state index in [1.165, 1.54) is 19.0 Å². The molecule has 3 aromatic rings. The average Bonchev–Trinajstić information content (AvgIpc) is 3.44. The number of imidazole rings is 2. The molecule has 0 unspecified atom stereocenters. The van der Waals surface area contributed by atoms with Crippen LogP contribution in [-0.4, -0.2) is 36.2 Å². The van der Waals surface area contributed by atoms with Crippen LogP contribution < -0.4 is 5.69 Å². The highest BCUT2D eigenvalue weighted by molar-refractivity contribution is 5.92. The van der Waals surface area contributed by atoms with Crippen LogP contribution in [0.15, 0.2) is 29.6 Å². The van der Waals surface area contributed by atoms with E-state index in [4.69, 9.17) is 4.74 Å². The van der Waals surface area contributed by atoms with Crippen LogP contribution in [0.5, 0.6) is 0 Å². The van der Waals surface area contributed by atoms with E-state index in [1.54, 1.807) is 15.2 Å². The van der Waals surface area contributed by atoms with E-state index in [9.17, 15) is 9.59 Å². The number of carbonyl (C=O) groups is 1. The van der Waals surface area contributed by atoms with Crippen LogP contribution in [0.3, 0.4) is 0 Å². The molecule has 8 nitrogen and oxygen atoms in total. The lowest BCUT2D eigenvalue weighted by atomic mass is 10.1. The molecule has 0 radical (unpaired) electrons. The Morgan fingerprint density at radius 2 is 1.97 bits per heavy atom. The third kappa shape index (κ3) is 5.04. The molecular formula is C25H35N5O3. The van der Waals surface area contributed by atoms with Crippen molar-refractivity contribution in [1.82, 2.24) is 23.7 Å². The van der Waals surface area contributed by atoms with E-state index in [0.717, 1.165) is 31.5 Å². The highest BCUT2D eigenvalue weighted by Gasteiger charge is 2.25. The zero-order chi connectivity index (χ0) is 23.5. The van der Waals surface area contributed by atoms with E-state index in [2.05, 4.69) is 42.2 Å². The van der Waals surface area contributed by atoms with Crippen LogP contribution in [-0.2, 0) is 17.8 Å². The molecular weight excluding hydrogens is 418 g/mol. The number of pyridine rings is 1. The molecule has 0 bridgehead atoms. The van der Waals surface area contributed by atoms with Gasteiger partial charge in [0.25, 0.3) is 0 Å². The summed E-state index contributed by atoms with van der Waals surface area (Å²) in [5.74, 6) is 0.755. The van der Waals surface area contributed by atoms with Gasteiger partial charge in [-0.2, -0.15) is 0 Å². The normalized spacial score (nSPS) is 14.0. The Hall–Kier alpha value is -2.90.